The van der Waals surface area contributed by atoms with Crippen LogP contribution in [0.15, 0.2) is 60.7 Å². The highest BCUT2D eigenvalue weighted by molar-refractivity contribution is 7.80. The summed E-state index contributed by atoms with van der Waals surface area (Å²) < 4.78 is 0. The smallest absolute Gasteiger partial charge is 0.166 e. The number of nitrogens with one attached hydrogen (secondary N) is 2. The number of thiocarbonyl (C=S) groups is 1. The number of benzene rings is 2. The van der Waals surface area contributed by atoms with E-state index < -0.39 is 0 Å². The topological polar surface area (TPSA) is 24.1 Å². The molecular formula is C18H22N2S. The van der Waals surface area contributed by atoms with E-state index in [1.54, 1.807) is 0 Å². The van der Waals surface area contributed by atoms with Crippen molar-refractivity contribution in [2.24, 2.45) is 0 Å². The normalized spacial score (nSPS) is 10.4. The molecule has 0 atom stereocenters. The summed E-state index contributed by atoms with van der Waals surface area (Å²) in [6.07, 6.45) is 1.01. The molecule has 110 valence electrons. The third-order valence-electron chi connectivity index (χ3n) is 3.46. The first-order valence-corrected chi connectivity index (χ1v) is 7.83. The van der Waals surface area contributed by atoms with Crippen LogP contribution in [0.2, 0.25) is 0 Å². The molecule has 0 bridgehead atoms. The second kappa shape index (κ2) is 8.42. The van der Waals surface area contributed by atoms with Gasteiger partial charge in [0, 0.05) is 19.0 Å². The summed E-state index contributed by atoms with van der Waals surface area (Å²) in [5.41, 5.74) is 2.69. The van der Waals surface area contributed by atoms with Gasteiger partial charge in [0.1, 0.15) is 0 Å². The number of rotatable bonds is 6. The summed E-state index contributed by atoms with van der Waals surface area (Å²) in [6, 6.07) is 21.3. The summed E-state index contributed by atoms with van der Waals surface area (Å²) in [4.78, 5) is 0. The van der Waals surface area contributed by atoms with E-state index in [2.05, 4.69) is 71.3 Å². The summed E-state index contributed by atoms with van der Waals surface area (Å²) in [5, 5.41) is 7.13. The van der Waals surface area contributed by atoms with Crippen LogP contribution in [0.4, 0.5) is 0 Å². The van der Waals surface area contributed by atoms with E-state index in [1.807, 2.05) is 6.92 Å². The van der Waals surface area contributed by atoms with Crippen molar-refractivity contribution in [1.29, 1.82) is 0 Å². The van der Waals surface area contributed by atoms with Gasteiger partial charge in [-0.3, -0.25) is 0 Å². The first-order chi connectivity index (χ1) is 10.3. The standard InChI is InChI=1S/C18H22N2S/c1-2-19-18(21)20-14-13-17(15-9-5-3-6-10-15)16-11-7-4-8-12-16/h3-12,17H,2,13-14H2,1H3,(H2,19,20,21). The average molecular weight is 298 g/mol. The molecule has 0 unspecified atom stereocenters. The molecule has 0 amide bonds. The fourth-order valence-corrected chi connectivity index (χ4v) is 2.70. The highest BCUT2D eigenvalue weighted by Gasteiger charge is 2.13. The molecule has 0 saturated heterocycles. The van der Waals surface area contributed by atoms with Crippen molar-refractivity contribution in [3.05, 3.63) is 71.8 Å². The molecule has 2 aromatic carbocycles. The molecule has 0 spiro atoms. The first-order valence-electron chi connectivity index (χ1n) is 7.43. The second-order valence-electron chi connectivity index (χ2n) is 4.95. The van der Waals surface area contributed by atoms with Crippen LogP contribution >= 0.6 is 12.2 Å². The van der Waals surface area contributed by atoms with Crippen molar-refractivity contribution in [2.45, 2.75) is 19.3 Å². The van der Waals surface area contributed by atoms with Gasteiger partial charge in [-0.1, -0.05) is 60.7 Å². The first kappa shape index (κ1) is 15.5. The van der Waals surface area contributed by atoms with Gasteiger partial charge in [-0.2, -0.15) is 0 Å². The molecular weight excluding hydrogens is 276 g/mol. The van der Waals surface area contributed by atoms with Gasteiger partial charge in [0.25, 0.3) is 0 Å². The van der Waals surface area contributed by atoms with Crippen LogP contribution in [0.3, 0.4) is 0 Å². The van der Waals surface area contributed by atoms with Gasteiger partial charge in [0.2, 0.25) is 0 Å². The summed E-state index contributed by atoms with van der Waals surface area (Å²) in [5.74, 6) is 0.393. The van der Waals surface area contributed by atoms with Crippen LogP contribution in [0.5, 0.6) is 0 Å². The van der Waals surface area contributed by atoms with Gasteiger partial charge in [-0.25, -0.2) is 0 Å². The van der Waals surface area contributed by atoms with Gasteiger partial charge >= 0.3 is 0 Å². The Labute approximate surface area is 132 Å². The zero-order valence-corrected chi connectivity index (χ0v) is 13.2. The van der Waals surface area contributed by atoms with E-state index in [1.165, 1.54) is 11.1 Å². The Morgan fingerprint density at radius 3 is 1.90 bits per heavy atom. The maximum atomic E-state index is 5.22. The van der Waals surface area contributed by atoms with E-state index in [0.29, 0.717) is 5.92 Å². The maximum Gasteiger partial charge on any atom is 0.166 e. The fraction of sp³-hybridized carbons (Fsp3) is 0.278. The summed E-state index contributed by atoms with van der Waals surface area (Å²) in [7, 11) is 0. The molecule has 0 aromatic heterocycles. The van der Waals surface area contributed by atoms with Gasteiger partial charge in [0.15, 0.2) is 5.11 Å². The number of hydrogen-bond donors (Lipinski definition) is 2. The lowest BCUT2D eigenvalue weighted by Gasteiger charge is -2.19. The zero-order valence-electron chi connectivity index (χ0n) is 12.4. The van der Waals surface area contributed by atoms with E-state index in [-0.39, 0.29) is 0 Å². The molecule has 0 aliphatic carbocycles. The lowest BCUT2D eigenvalue weighted by Crippen LogP contribution is -2.35. The SMILES string of the molecule is CCNC(=S)NCCC(c1ccccc1)c1ccccc1. The second-order valence-corrected chi connectivity index (χ2v) is 5.36. The average Bonchev–Trinajstić information content (AvgIpc) is 2.53. The van der Waals surface area contributed by atoms with Crippen molar-refractivity contribution < 1.29 is 0 Å². The van der Waals surface area contributed by atoms with E-state index in [9.17, 15) is 0 Å². The Balaban J connectivity index is 2.05. The zero-order chi connectivity index (χ0) is 14.9. The third kappa shape index (κ3) is 4.87. The predicted molar refractivity (Wildman–Crippen MR) is 93.6 cm³/mol. The molecule has 0 saturated carbocycles. The fourth-order valence-electron chi connectivity index (χ4n) is 2.45. The van der Waals surface area contributed by atoms with Crippen LogP contribution < -0.4 is 10.6 Å². The monoisotopic (exact) mass is 298 g/mol. The largest absolute Gasteiger partial charge is 0.363 e. The Bertz CT molecular complexity index is 500. The van der Waals surface area contributed by atoms with Crippen molar-refractivity contribution in [3.8, 4) is 0 Å². The quantitative estimate of drug-likeness (QED) is 0.795. The Hall–Kier alpha value is -1.87. The highest BCUT2D eigenvalue weighted by Crippen LogP contribution is 2.27. The van der Waals surface area contributed by atoms with Gasteiger partial charge in [-0.15, -0.1) is 0 Å². The van der Waals surface area contributed by atoms with Crippen LogP contribution in [-0.4, -0.2) is 18.2 Å². The molecule has 0 fully saturated rings. The van der Waals surface area contributed by atoms with E-state index in [4.69, 9.17) is 12.2 Å². The molecule has 0 radical (unpaired) electrons. The van der Waals surface area contributed by atoms with Crippen molar-refractivity contribution >= 4 is 17.3 Å². The van der Waals surface area contributed by atoms with Crippen LogP contribution in [0.25, 0.3) is 0 Å². The lowest BCUT2D eigenvalue weighted by atomic mass is 9.88. The van der Waals surface area contributed by atoms with Crippen LogP contribution in [0, 0.1) is 0 Å². The lowest BCUT2D eigenvalue weighted by molar-refractivity contribution is 0.686. The minimum absolute atomic E-state index is 0.393. The van der Waals surface area contributed by atoms with Gasteiger partial charge < -0.3 is 10.6 Å². The summed E-state index contributed by atoms with van der Waals surface area (Å²) >= 11 is 5.22. The molecule has 2 nitrogen and oxygen atoms in total. The maximum absolute atomic E-state index is 5.22. The minimum Gasteiger partial charge on any atom is -0.363 e. The molecule has 21 heavy (non-hydrogen) atoms. The Morgan fingerprint density at radius 2 is 1.43 bits per heavy atom. The minimum atomic E-state index is 0.393. The summed E-state index contributed by atoms with van der Waals surface area (Å²) in [6.45, 7) is 3.76. The molecule has 2 rings (SSSR count). The molecule has 0 aliphatic heterocycles. The molecule has 3 heteroatoms. The molecule has 2 N–H and O–H groups in total. The predicted octanol–water partition coefficient (Wildman–Crippen LogP) is 3.69. The third-order valence-corrected chi connectivity index (χ3v) is 3.75. The van der Waals surface area contributed by atoms with Crippen LogP contribution in [-0.2, 0) is 0 Å². The van der Waals surface area contributed by atoms with Crippen molar-refractivity contribution in [3.63, 3.8) is 0 Å². The molecule has 0 heterocycles. The molecule has 0 aliphatic rings. The van der Waals surface area contributed by atoms with E-state index >= 15 is 0 Å². The van der Waals surface area contributed by atoms with Crippen LogP contribution in [0.1, 0.15) is 30.4 Å². The Morgan fingerprint density at radius 1 is 0.905 bits per heavy atom. The number of hydrogen-bond acceptors (Lipinski definition) is 1. The molecule has 2 aromatic rings. The van der Waals surface area contributed by atoms with Crippen molar-refractivity contribution in [2.75, 3.05) is 13.1 Å². The van der Waals surface area contributed by atoms with Gasteiger partial charge in [0.05, 0.1) is 0 Å². The van der Waals surface area contributed by atoms with Gasteiger partial charge in [-0.05, 0) is 36.7 Å². The Kier molecular flexibility index (Phi) is 6.22. The highest BCUT2D eigenvalue weighted by atomic mass is 32.1. The van der Waals surface area contributed by atoms with E-state index in [0.717, 1.165) is 24.6 Å². The van der Waals surface area contributed by atoms with Crippen molar-refractivity contribution in [1.82, 2.24) is 10.6 Å².